The minimum absolute atomic E-state index is 0.168. The number of nitrogens with two attached hydrogens (primary N) is 1. The molecular weight excluding hydrogens is 354 g/mol. The highest BCUT2D eigenvalue weighted by atomic mass is 32.1. The van der Waals surface area contributed by atoms with Crippen molar-refractivity contribution in [2.24, 2.45) is 5.73 Å². The largest absolute Gasteiger partial charge is 0.361 e. The lowest BCUT2D eigenvalue weighted by molar-refractivity contribution is 0.190. The lowest BCUT2D eigenvalue weighted by Crippen LogP contribution is -2.43. The Balaban J connectivity index is 1.67. The fourth-order valence-electron chi connectivity index (χ4n) is 4.13. The fraction of sp³-hybridized carbons (Fsp3) is 0.136. The summed E-state index contributed by atoms with van der Waals surface area (Å²) in [6, 6.07) is 16.3. The molecule has 1 aliphatic rings. The van der Waals surface area contributed by atoms with Gasteiger partial charge in [0.05, 0.1) is 6.04 Å². The van der Waals surface area contributed by atoms with Crippen LogP contribution in [0.3, 0.4) is 0 Å². The number of para-hydroxylation sites is 1. The molecule has 3 N–H and O–H groups in total. The average molecular weight is 373 g/mol. The quantitative estimate of drug-likeness (QED) is 0.514. The summed E-state index contributed by atoms with van der Waals surface area (Å²) in [5.74, 6) is 0. The van der Waals surface area contributed by atoms with E-state index in [1.807, 2.05) is 18.3 Å². The Morgan fingerprint density at radius 2 is 2.00 bits per heavy atom. The van der Waals surface area contributed by atoms with Gasteiger partial charge in [0.15, 0.2) is 0 Å². The fourth-order valence-corrected chi connectivity index (χ4v) is 4.79. The molecule has 3 heterocycles. The number of benzene rings is 2. The number of carbonyl (C=O) groups is 1. The Bertz CT molecular complexity index is 1130. The Morgan fingerprint density at radius 1 is 1.11 bits per heavy atom. The number of fused-ring (bicyclic) bond motifs is 2. The van der Waals surface area contributed by atoms with E-state index >= 15 is 0 Å². The Kier molecular flexibility index (Phi) is 3.76. The number of primary amides is 1. The molecule has 5 heteroatoms. The van der Waals surface area contributed by atoms with Crippen molar-refractivity contribution in [3.63, 3.8) is 0 Å². The van der Waals surface area contributed by atoms with Crippen LogP contribution in [0.2, 0.25) is 0 Å². The zero-order valence-electron chi connectivity index (χ0n) is 14.7. The molecule has 2 aromatic heterocycles. The molecule has 2 amide bonds. The number of nitrogens with one attached hydrogen (secondary N) is 1. The molecular formula is C22H19N3OS. The van der Waals surface area contributed by atoms with Crippen LogP contribution in [0.4, 0.5) is 4.79 Å². The van der Waals surface area contributed by atoms with Crippen molar-refractivity contribution in [3.8, 4) is 11.1 Å². The molecule has 2 aromatic carbocycles. The van der Waals surface area contributed by atoms with Crippen LogP contribution in [0.1, 0.15) is 22.7 Å². The van der Waals surface area contributed by atoms with Crippen molar-refractivity contribution in [2.75, 3.05) is 6.54 Å². The first-order valence-corrected chi connectivity index (χ1v) is 9.94. The Labute approximate surface area is 161 Å². The van der Waals surface area contributed by atoms with E-state index in [2.05, 4.69) is 52.1 Å². The Morgan fingerprint density at radius 3 is 2.81 bits per heavy atom. The van der Waals surface area contributed by atoms with Crippen LogP contribution < -0.4 is 5.73 Å². The lowest BCUT2D eigenvalue weighted by Gasteiger charge is -2.36. The molecule has 4 aromatic rings. The molecule has 0 aliphatic carbocycles. The first-order valence-electron chi connectivity index (χ1n) is 9.00. The van der Waals surface area contributed by atoms with E-state index in [9.17, 15) is 4.79 Å². The van der Waals surface area contributed by atoms with Gasteiger partial charge in [-0.3, -0.25) is 0 Å². The monoisotopic (exact) mass is 373 g/mol. The van der Waals surface area contributed by atoms with Gasteiger partial charge in [-0.2, -0.15) is 11.3 Å². The van der Waals surface area contributed by atoms with Crippen molar-refractivity contribution in [1.29, 1.82) is 0 Å². The zero-order valence-corrected chi connectivity index (χ0v) is 15.5. The number of thiophene rings is 1. The topological polar surface area (TPSA) is 62.1 Å². The van der Waals surface area contributed by atoms with Crippen LogP contribution in [0.5, 0.6) is 0 Å². The number of aromatic nitrogens is 1. The lowest BCUT2D eigenvalue weighted by atomic mass is 9.86. The number of nitrogens with zero attached hydrogens (tertiary/aromatic N) is 1. The van der Waals surface area contributed by atoms with Gasteiger partial charge >= 0.3 is 6.03 Å². The molecule has 0 spiro atoms. The van der Waals surface area contributed by atoms with Crippen molar-refractivity contribution >= 4 is 28.3 Å². The van der Waals surface area contributed by atoms with E-state index in [1.54, 1.807) is 16.2 Å². The number of carbonyl (C=O) groups excluding carboxylic acids is 1. The first-order chi connectivity index (χ1) is 13.2. The van der Waals surface area contributed by atoms with Gasteiger partial charge in [0.25, 0.3) is 0 Å². The minimum atomic E-state index is -0.377. The number of aromatic amines is 1. The van der Waals surface area contributed by atoms with Crippen molar-refractivity contribution in [3.05, 3.63) is 82.2 Å². The summed E-state index contributed by atoms with van der Waals surface area (Å²) in [6.07, 6.45) is 2.82. The summed E-state index contributed by atoms with van der Waals surface area (Å²) >= 11 is 1.70. The molecule has 27 heavy (non-hydrogen) atoms. The van der Waals surface area contributed by atoms with Gasteiger partial charge in [-0.25, -0.2) is 4.79 Å². The summed E-state index contributed by atoms with van der Waals surface area (Å²) in [7, 11) is 0. The number of hydrogen-bond acceptors (Lipinski definition) is 2. The molecule has 5 rings (SSSR count). The third kappa shape index (κ3) is 2.62. The maximum atomic E-state index is 12.2. The van der Waals surface area contributed by atoms with Crippen LogP contribution in [-0.4, -0.2) is 22.5 Å². The van der Waals surface area contributed by atoms with E-state index in [1.165, 1.54) is 16.7 Å². The minimum Gasteiger partial charge on any atom is -0.361 e. The molecule has 0 fully saturated rings. The number of hydrogen-bond donors (Lipinski definition) is 2. The van der Waals surface area contributed by atoms with Gasteiger partial charge in [-0.05, 0) is 51.6 Å². The van der Waals surface area contributed by atoms with Crippen molar-refractivity contribution < 1.29 is 4.79 Å². The number of urea groups is 1. The van der Waals surface area contributed by atoms with Gasteiger partial charge < -0.3 is 15.6 Å². The highest BCUT2D eigenvalue weighted by Gasteiger charge is 2.32. The predicted octanol–water partition coefficient (Wildman–Crippen LogP) is 4.92. The molecule has 1 aliphatic heterocycles. The van der Waals surface area contributed by atoms with Gasteiger partial charge in [0.2, 0.25) is 0 Å². The second-order valence-corrected chi connectivity index (χ2v) is 7.68. The highest BCUT2D eigenvalue weighted by Crippen LogP contribution is 2.39. The molecule has 1 atom stereocenters. The van der Waals surface area contributed by atoms with E-state index < -0.39 is 0 Å². The summed E-state index contributed by atoms with van der Waals surface area (Å²) < 4.78 is 0. The molecule has 0 bridgehead atoms. The van der Waals surface area contributed by atoms with E-state index in [4.69, 9.17) is 5.73 Å². The standard InChI is InChI=1S/C22H19N3OS/c23-22(26)25-9-7-15-11-14(16-8-10-27-13-16)5-6-17(15)21(25)19-12-24-20-4-2-1-3-18(19)20/h1-6,8,10-13,21,24H,7,9H2,(H2,23,26). The van der Waals surface area contributed by atoms with Gasteiger partial charge in [0, 0.05) is 29.2 Å². The summed E-state index contributed by atoms with van der Waals surface area (Å²) in [5, 5.41) is 5.39. The molecule has 0 radical (unpaired) electrons. The van der Waals surface area contributed by atoms with Gasteiger partial charge in [-0.1, -0.05) is 36.4 Å². The SMILES string of the molecule is NC(=O)N1CCc2cc(-c3ccsc3)ccc2C1c1c[nH]c2ccccc12. The molecule has 1 unspecified atom stereocenters. The smallest absolute Gasteiger partial charge is 0.315 e. The summed E-state index contributed by atoms with van der Waals surface area (Å²) in [5.41, 5.74) is 12.8. The molecule has 4 nitrogen and oxygen atoms in total. The van der Waals surface area contributed by atoms with Gasteiger partial charge in [-0.15, -0.1) is 0 Å². The van der Waals surface area contributed by atoms with Crippen LogP contribution >= 0.6 is 11.3 Å². The number of amides is 2. The second-order valence-electron chi connectivity index (χ2n) is 6.90. The number of H-pyrrole nitrogens is 1. The van der Waals surface area contributed by atoms with Crippen LogP contribution in [0.25, 0.3) is 22.0 Å². The van der Waals surface area contributed by atoms with Crippen LogP contribution in [0, 0.1) is 0 Å². The van der Waals surface area contributed by atoms with Crippen LogP contribution in [0.15, 0.2) is 65.5 Å². The Hall–Kier alpha value is -3.05. The maximum absolute atomic E-state index is 12.2. The first kappa shape index (κ1) is 16.1. The average Bonchev–Trinajstić information content (AvgIpc) is 3.36. The maximum Gasteiger partial charge on any atom is 0.315 e. The third-order valence-electron chi connectivity index (χ3n) is 5.42. The second kappa shape index (κ2) is 6.28. The molecule has 0 saturated heterocycles. The summed E-state index contributed by atoms with van der Waals surface area (Å²) in [4.78, 5) is 17.3. The predicted molar refractivity (Wildman–Crippen MR) is 110 cm³/mol. The van der Waals surface area contributed by atoms with Crippen LogP contribution in [-0.2, 0) is 6.42 Å². The summed E-state index contributed by atoms with van der Waals surface area (Å²) in [6.45, 7) is 0.625. The molecule has 0 saturated carbocycles. The highest BCUT2D eigenvalue weighted by molar-refractivity contribution is 7.08. The third-order valence-corrected chi connectivity index (χ3v) is 6.11. The normalized spacial score (nSPS) is 16.4. The van der Waals surface area contributed by atoms with E-state index in [-0.39, 0.29) is 12.1 Å². The van der Waals surface area contributed by atoms with E-state index in [0.717, 1.165) is 28.5 Å². The van der Waals surface area contributed by atoms with E-state index in [0.29, 0.717) is 6.54 Å². The molecule has 134 valence electrons. The van der Waals surface area contributed by atoms with Crippen molar-refractivity contribution in [1.82, 2.24) is 9.88 Å². The number of rotatable bonds is 2. The zero-order chi connectivity index (χ0) is 18.4. The van der Waals surface area contributed by atoms with Gasteiger partial charge in [0.1, 0.15) is 0 Å². The van der Waals surface area contributed by atoms with Crippen molar-refractivity contribution in [2.45, 2.75) is 12.5 Å².